The number of nitrogens with one attached hydrogen (secondary N) is 1. The average Bonchev–Trinajstić information content (AvgIpc) is 2.33. The minimum atomic E-state index is 0.254. The van der Waals surface area contributed by atoms with Gasteiger partial charge in [0.2, 0.25) is 0 Å². The summed E-state index contributed by atoms with van der Waals surface area (Å²) in [6, 6.07) is 0.903. The Balaban J connectivity index is 2.20. The maximum Gasteiger partial charge on any atom is 0.0582 e. The van der Waals surface area contributed by atoms with E-state index in [1.165, 1.54) is 30.8 Å². The van der Waals surface area contributed by atoms with Crippen LogP contribution in [0.25, 0.3) is 0 Å². The molecule has 1 rings (SSSR count). The predicted molar refractivity (Wildman–Crippen MR) is 54.6 cm³/mol. The maximum atomic E-state index is 8.87. The minimum Gasteiger partial charge on any atom is -0.395 e. The molecule has 2 unspecified atom stereocenters. The van der Waals surface area contributed by atoms with Crippen molar-refractivity contribution in [3.63, 3.8) is 0 Å². The van der Waals surface area contributed by atoms with Gasteiger partial charge in [-0.2, -0.15) is 11.8 Å². The lowest BCUT2D eigenvalue weighted by molar-refractivity contribution is 0.237. The summed E-state index contributed by atoms with van der Waals surface area (Å²) in [5.74, 6) is 2.58. The van der Waals surface area contributed by atoms with Gasteiger partial charge in [0.25, 0.3) is 0 Å². The van der Waals surface area contributed by atoms with Gasteiger partial charge in [-0.25, -0.2) is 0 Å². The normalized spacial score (nSPS) is 28.0. The first kappa shape index (κ1) is 10.4. The Morgan fingerprint density at radius 1 is 1.50 bits per heavy atom. The number of aliphatic hydroxyl groups is 1. The van der Waals surface area contributed by atoms with Gasteiger partial charge in [0, 0.05) is 12.1 Å². The van der Waals surface area contributed by atoms with Crippen LogP contribution < -0.4 is 5.32 Å². The highest BCUT2D eigenvalue weighted by atomic mass is 32.2. The topological polar surface area (TPSA) is 32.3 Å². The van der Waals surface area contributed by atoms with E-state index < -0.39 is 0 Å². The van der Waals surface area contributed by atoms with Crippen LogP contribution in [0.5, 0.6) is 0 Å². The van der Waals surface area contributed by atoms with Crippen LogP contribution >= 0.6 is 11.8 Å². The first-order chi connectivity index (χ1) is 5.83. The summed E-state index contributed by atoms with van der Waals surface area (Å²) in [6.45, 7) is 2.29. The Bertz CT molecular complexity index is 113. The van der Waals surface area contributed by atoms with Gasteiger partial charge in [0.05, 0.1) is 6.61 Å². The molecule has 1 fully saturated rings. The molecule has 0 spiro atoms. The number of thioether (sulfide) groups is 1. The first-order valence-electron chi connectivity index (χ1n) is 4.77. The van der Waals surface area contributed by atoms with Crippen molar-refractivity contribution in [2.45, 2.75) is 38.3 Å². The molecule has 0 aromatic carbocycles. The highest BCUT2D eigenvalue weighted by molar-refractivity contribution is 7.99. The number of aliphatic hydroxyl groups excluding tert-OH is 1. The van der Waals surface area contributed by atoms with Crippen molar-refractivity contribution in [2.24, 2.45) is 0 Å². The first-order valence-corrected chi connectivity index (χ1v) is 5.93. The van der Waals surface area contributed by atoms with Crippen LogP contribution in [0.2, 0.25) is 0 Å². The second-order valence-corrected chi connectivity index (χ2v) is 4.72. The molecular formula is C9H19NOS. The third kappa shape index (κ3) is 3.78. The number of rotatable bonds is 3. The fourth-order valence-corrected chi connectivity index (χ4v) is 2.55. The summed E-state index contributed by atoms with van der Waals surface area (Å²) in [5.41, 5.74) is 0. The van der Waals surface area contributed by atoms with Crippen molar-refractivity contribution in [3.05, 3.63) is 0 Å². The molecule has 0 saturated carbocycles. The SMILES string of the molecule is CC(CO)NC1CCCSCC1. The lowest BCUT2D eigenvalue weighted by Crippen LogP contribution is -2.38. The van der Waals surface area contributed by atoms with Gasteiger partial charge in [-0.3, -0.25) is 0 Å². The van der Waals surface area contributed by atoms with Gasteiger partial charge in [0.15, 0.2) is 0 Å². The van der Waals surface area contributed by atoms with Crippen LogP contribution in [0.4, 0.5) is 0 Å². The van der Waals surface area contributed by atoms with Crippen LogP contribution in [-0.2, 0) is 0 Å². The standard InChI is InChI=1S/C9H19NOS/c1-8(7-11)10-9-3-2-5-12-6-4-9/h8-11H,2-7H2,1H3. The molecule has 3 heteroatoms. The summed E-state index contributed by atoms with van der Waals surface area (Å²) in [6.07, 6.45) is 3.85. The van der Waals surface area contributed by atoms with E-state index in [-0.39, 0.29) is 12.6 Å². The van der Waals surface area contributed by atoms with E-state index >= 15 is 0 Å². The Kier molecular flexibility index (Phi) is 5.04. The molecule has 2 atom stereocenters. The van der Waals surface area contributed by atoms with Crippen molar-refractivity contribution < 1.29 is 5.11 Å². The maximum absolute atomic E-state index is 8.87. The molecule has 1 aliphatic heterocycles. The predicted octanol–water partition coefficient (Wildman–Crippen LogP) is 1.24. The molecule has 2 nitrogen and oxygen atoms in total. The molecular weight excluding hydrogens is 170 g/mol. The molecule has 0 bridgehead atoms. The van der Waals surface area contributed by atoms with Gasteiger partial charge in [0.1, 0.15) is 0 Å². The summed E-state index contributed by atoms with van der Waals surface area (Å²) < 4.78 is 0. The second-order valence-electron chi connectivity index (χ2n) is 3.49. The summed E-state index contributed by atoms with van der Waals surface area (Å²) in [7, 11) is 0. The Hall–Kier alpha value is 0.270. The summed E-state index contributed by atoms with van der Waals surface area (Å²) in [5, 5.41) is 12.3. The highest BCUT2D eigenvalue weighted by Crippen LogP contribution is 2.16. The molecule has 1 saturated heterocycles. The fraction of sp³-hybridized carbons (Fsp3) is 1.00. The van der Waals surface area contributed by atoms with E-state index in [1.807, 2.05) is 6.92 Å². The largest absolute Gasteiger partial charge is 0.395 e. The van der Waals surface area contributed by atoms with E-state index in [0.29, 0.717) is 6.04 Å². The van der Waals surface area contributed by atoms with Gasteiger partial charge in [-0.05, 0) is 37.7 Å². The van der Waals surface area contributed by atoms with Crippen LogP contribution in [0.15, 0.2) is 0 Å². The lowest BCUT2D eigenvalue weighted by Gasteiger charge is -2.19. The van der Waals surface area contributed by atoms with E-state index in [2.05, 4.69) is 17.1 Å². The zero-order valence-corrected chi connectivity index (χ0v) is 8.57. The van der Waals surface area contributed by atoms with Gasteiger partial charge in [-0.1, -0.05) is 0 Å². The molecule has 2 N–H and O–H groups in total. The molecule has 72 valence electrons. The van der Waals surface area contributed by atoms with E-state index in [9.17, 15) is 0 Å². The third-order valence-corrected chi connectivity index (χ3v) is 3.35. The molecule has 1 heterocycles. The second kappa shape index (κ2) is 5.84. The Labute approximate surface area is 79.1 Å². The Morgan fingerprint density at radius 3 is 3.08 bits per heavy atom. The molecule has 12 heavy (non-hydrogen) atoms. The van der Waals surface area contributed by atoms with Crippen LogP contribution in [-0.4, -0.2) is 35.3 Å². The minimum absolute atomic E-state index is 0.254. The molecule has 0 aromatic heterocycles. The van der Waals surface area contributed by atoms with Crippen molar-refractivity contribution in [3.8, 4) is 0 Å². The lowest BCUT2D eigenvalue weighted by atomic mass is 10.1. The highest BCUT2D eigenvalue weighted by Gasteiger charge is 2.13. The van der Waals surface area contributed by atoms with Gasteiger partial charge in [-0.15, -0.1) is 0 Å². The van der Waals surface area contributed by atoms with E-state index in [1.54, 1.807) is 0 Å². The average molecular weight is 189 g/mol. The smallest absolute Gasteiger partial charge is 0.0582 e. The van der Waals surface area contributed by atoms with E-state index in [4.69, 9.17) is 5.11 Å². The molecule has 0 radical (unpaired) electrons. The van der Waals surface area contributed by atoms with E-state index in [0.717, 1.165) is 0 Å². The number of hydrogen-bond donors (Lipinski definition) is 2. The molecule has 1 aliphatic rings. The van der Waals surface area contributed by atoms with Gasteiger partial charge < -0.3 is 10.4 Å². The van der Waals surface area contributed by atoms with Gasteiger partial charge >= 0.3 is 0 Å². The monoisotopic (exact) mass is 189 g/mol. The zero-order chi connectivity index (χ0) is 8.81. The quantitative estimate of drug-likeness (QED) is 0.700. The number of hydrogen-bond acceptors (Lipinski definition) is 3. The summed E-state index contributed by atoms with van der Waals surface area (Å²) >= 11 is 2.05. The molecule has 0 aromatic rings. The molecule has 0 aliphatic carbocycles. The third-order valence-electron chi connectivity index (χ3n) is 2.25. The van der Waals surface area contributed by atoms with Crippen molar-refractivity contribution in [1.82, 2.24) is 5.32 Å². The van der Waals surface area contributed by atoms with Crippen molar-refractivity contribution in [2.75, 3.05) is 18.1 Å². The van der Waals surface area contributed by atoms with Crippen LogP contribution in [0, 0.1) is 0 Å². The molecule has 0 amide bonds. The van der Waals surface area contributed by atoms with Crippen LogP contribution in [0.3, 0.4) is 0 Å². The van der Waals surface area contributed by atoms with Crippen LogP contribution in [0.1, 0.15) is 26.2 Å². The Morgan fingerprint density at radius 2 is 2.33 bits per heavy atom. The van der Waals surface area contributed by atoms with Crippen molar-refractivity contribution in [1.29, 1.82) is 0 Å². The zero-order valence-electron chi connectivity index (χ0n) is 7.75. The fourth-order valence-electron chi connectivity index (χ4n) is 1.53. The summed E-state index contributed by atoms with van der Waals surface area (Å²) in [4.78, 5) is 0. The van der Waals surface area contributed by atoms with Crippen molar-refractivity contribution >= 4 is 11.8 Å².